The van der Waals surface area contributed by atoms with E-state index in [4.69, 9.17) is 21.1 Å². The quantitative estimate of drug-likeness (QED) is 0.581. The number of hydrogen-bond donors (Lipinski definition) is 1. The first-order valence-corrected chi connectivity index (χ1v) is 9.70. The van der Waals surface area contributed by atoms with Crippen molar-refractivity contribution >= 4 is 17.6 Å². The van der Waals surface area contributed by atoms with E-state index in [2.05, 4.69) is 10.3 Å². The van der Waals surface area contributed by atoms with Gasteiger partial charge in [0.1, 0.15) is 17.9 Å². The third-order valence-electron chi connectivity index (χ3n) is 4.06. The first-order valence-electron chi connectivity index (χ1n) is 9.32. The number of nitrogens with one attached hydrogen (secondary N) is 1. The monoisotopic (exact) mass is 402 g/mol. The fourth-order valence-corrected chi connectivity index (χ4v) is 2.63. The lowest BCUT2D eigenvalue weighted by Crippen LogP contribution is -2.42. The van der Waals surface area contributed by atoms with Crippen LogP contribution in [0.2, 0.25) is 0 Å². The number of hydrogen-bond acceptors (Lipinski definition) is 5. The Morgan fingerprint density at radius 1 is 1.14 bits per heavy atom. The van der Waals surface area contributed by atoms with Crippen LogP contribution >= 0.6 is 11.6 Å². The third-order valence-corrected chi connectivity index (χ3v) is 4.22. The smallest absolute Gasteiger partial charge is 0.324 e. The Labute approximate surface area is 171 Å². The second-order valence-electron chi connectivity index (χ2n) is 6.82. The van der Waals surface area contributed by atoms with Crippen LogP contribution in [0.3, 0.4) is 0 Å². The van der Waals surface area contributed by atoms with Crippen molar-refractivity contribution in [3.8, 4) is 11.6 Å². The zero-order valence-electron chi connectivity index (χ0n) is 16.7. The van der Waals surface area contributed by atoms with Crippen LogP contribution in [0.1, 0.15) is 39.5 Å². The highest BCUT2D eigenvalue weighted by atomic mass is 35.5. The summed E-state index contributed by atoms with van der Waals surface area (Å²) in [7, 11) is 0. The maximum atomic E-state index is 12.6. The molecule has 1 aromatic carbocycles. The predicted molar refractivity (Wildman–Crippen MR) is 111 cm³/mol. The van der Waals surface area contributed by atoms with Crippen LogP contribution in [-0.4, -0.2) is 23.5 Å². The maximum absolute atomic E-state index is 12.6. The minimum absolute atomic E-state index is 0.0736. The molecule has 1 N–H and O–H groups in total. The summed E-state index contributed by atoms with van der Waals surface area (Å²) in [5.74, 6) is 0.903. The number of esters is 1. The van der Waals surface area contributed by atoms with Crippen molar-refractivity contribution in [3.05, 3.63) is 65.3 Å². The van der Waals surface area contributed by atoms with Crippen LogP contribution in [0.15, 0.2) is 59.6 Å². The number of halogens is 1. The molecule has 2 aromatic rings. The standard InChI is InChI=1S/C22H27ClN2O3/c1-15(2)21(24-14-13-16(3)23)22(26)27-17(4)19-11-8-12-20(25-19)28-18-9-6-5-7-10-18/h5-13,15,17,21,24H,14H2,1-4H3. The molecule has 1 heterocycles. The fraction of sp³-hybridized carbons (Fsp3) is 0.364. The number of carbonyl (C=O) groups excluding carboxylic acids is 1. The van der Waals surface area contributed by atoms with Crippen molar-refractivity contribution in [2.75, 3.05) is 6.54 Å². The predicted octanol–water partition coefficient (Wildman–Crippen LogP) is 5.23. The molecule has 2 atom stereocenters. The van der Waals surface area contributed by atoms with Crippen LogP contribution in [0.4, 0.5) is 0 Å². The van der Waals surface area contributed by atoms with E-state index in [0.717, 1.165) is 0 Å². The van der Waals surface area contributed by atoms with E-state index in [-0.39, 0.29) is 11.9 Å². The van der Waals surface area contributed by atoms with Crippen molar-refractivity contribution in [1.82, 2.24) is 10.3 Å². The van der Waals surface area contributed by atoms with Gasteiger partial charge in [-0.25, -0.2) is 4.98 Å². The van der Waals surface area contributed by atoms with Gasteiger partial charge in [0.2, 0.25) is 5.88 Å². The lowest BCUT2D eigenvalue weighted by atomic mass is 10.0. The molecule has 0 amide bonds. The van der Waals surface area contributed by atoms with Gasteiger partial charge in [-0.15, -0.1) is 0 Å². The normalized spacial score (nSPS) is 13.9. The molecule has 2 rings (SSSR count). The Morgan fingerprint density at radius 3 is 2.50 bits per heavy atom. The zero-order valence-corrected chi connectivity index (χ0v) is 17.4. The SMILES string of the molecule is CC(Cl)=CCNC(C(=O)OC(C)c1cccc(Oc2ccccc2)n1)C(C)C. The summed E-state index contributed by atoms with van der Waals surface area (Å²) in [5.41, 5.74) is 0.626. The highest BCUT2D eigenvalue weighted by molar-refractivity contribution is 6.29. The molecule has 0 aliphatic carbocycles. The minimum atomic E-state index is -0.500. The van der Waals surface area contributed by atoms with Gasteiger partial charge in [-0.3, -0.25) is 4.79 Å². The number of rotatable bonds is 9. The fourth-order valence-electron chi connectivity index (χ4n) is 2.55. The number of allylic oxidation sites excluding steroid dienone is 1. The molecule has 0 saturated heterocycles. The van der Waals surface area contributed by atoms with E-state index >= 15 is 0 Å². The highest BCUT2D eigenvalue weighted by Gasteiger charge is 2.25. The van der Waals surface area contributed by atoms with Crippen molar-refractivity contribution in [3.63, 3.8) is 0 Å². The van der Waals surface area contributed by atoms with Crippen LogP contribution in [0, 0.1) is 5.92 Å². The molecule has 0 spiro atoms. The third kappa shape index (κ3) is 6.98. The second kappa shape index (κ2) is 10.8. The van der Waals surface area contributed by atoms with Crippen molar-refractivity contribution in [2.24, 2.45) is 5.92 Å². The molecule has 0 saturated carbocycles. The molecule has 28 heavy (non-hydrogen) atoms. The number of benzene rings is 1. The van der Waals surface area contributed by atoms with Crippen molar-refractivity contribution in [2.45, 2.75) is 39.8 Å². The van der Waals surface area contributed by atoms with E-state index in [1.807, 2.05) is 62.4 Å². The summed E-state index contributed by atoms with van der Waals surface area (Å²) < 4.78 is 11.4. The summed E-state index contributed by atoms with van der Waals surface area (Å²) in [5, 5.41) is 3.85. The summed E-state index contributed by atoms with van der Waals surface area (Å²) in [6, 6.07) is 14.4. The van der Waals surface area contributed by atoms with E-state index in [9.17, 15) is 4.79 Å². The van der Waals surface area contributed by atoms with Gasteiger partial charge in [-0.1, -0.05) is 55.8 Å². The Bertz CT molecular complexity index is 789. The molecule has 0 aliphatic heterocycles. The van der Waals surface area contributed by atoms with Gasteiger partial charge in [0.05, 0.1) is 5.69 Å². The number of nitrogens with zero attached hydrogens (tertiary/aromatic N) is 1. The minimum Gasteiger partial charge on any atom is -0.455 e. The summed E-state index contributed by atoms with van der Waals surface area (Å²) in [6.07, 6.45) is 1.32. The molecular weight excluding hydrogens is 376 g/mol. The van der Waals surface area contributed by atoms with Gasteiger partial charge < -0.3 is 14.8 Å². The Hall–Kier alpha value is -2.37. The lowest BCUT2D eigenvalue weighted by molar-refractivity contribution is -0.152. The summed E-state index contributed by atoms with van der Waals surface area (Å²) >= 11 is 5.84. The largest absolute Gasteiger partial charge is 0.455 e. The van der Waals surface area contributed by atoms with E-state index in [0.29, 0.717) is 28.9 Å². The molecule has 0 fully saturated rings. The number of ether oxygens (including phenoxy) is 2. The first-order chi connectivity index (χ1) is 13.4. The van der Waals surface area contributed by atoms with Gasteiger partial charge in [-0.2, -0.15) is 0 Å². The molecule has 0 bridgehead atoms. The molecule has 1 aromatic heterocycles. The van der Waals surface area contributed by atoms with Crippen LogP contribution < -0.4 is 10.1 Å². The van der Waals surface area contributed by atoms with Crippen LogP contribution in [0.5, 0.6) is 11.6 Å². The van der Waals surface area contributed by atoms with Crippen molar-refractivity contribution in [1.29, 1.82) is 0 Å². The number of aromatic nitrogens is 1. The molecule has 0 radical (unpaired) electrons. The van der Waals surface area contributed by atoms with E-state index in [1.165, 1.54) is 0 Å². The molecule has 5 nitrogen and oxygen atoms in total. The van der Waals surface area contributed by atoms with Crippen LogP contribution in [-0.2, 0) is 9.53 Å². The van der Waals surface area contributed by atoms with Gasteiger partial charge in [0.25, 0.3) is 0 Å². The van der Waals surface area contributed by atoms with Crippen molar-refractivity contribution < 1.29 is 14.3 Å². The van der Waals surface area contributed by atoms with Crippen LogP contribution in [0.25, 0.3) is 0 Å². The average molecular weight is 403 g/mol. The zero-order chi connectivity index (χ0) is 20.5. The molecule has 6 heteroatoms. The number of para-hydroxylation sites is 1. The Kier molecular flexibility index (Phi) is 8.48. The van der Waals surface area contributed by atoms with Gasteiger partial charge in [-0.05, 0) is 38.0 Å². The van der Waals surface area contributed by atoms with E-state index < -0.39 is 12.1 Å². The molecule has 2 unspecified atom stereocenters. The van der Waals surface area contributed by atoms with Gasteiger partial charge in [0, 0.05) is 17.6 Å². The Balaban J connectivity index is 2.02. The lowest BCUT2D eigenvalue weighted by Gasteiger charge is -2.22. The van der Waals surface area contributed by atoms with E-state index in [1.54, 1.807) is 19.9 Å². The second-order valence-corrected chi connectivity index (χ2v) is 7.41. The maximum Gasteiger partial charge on any atom is 0.324 e. The number of carbonyl (C=O) groups is 1. The topological polar surface area (TPSA) is 60.5 Å². The average Bonchev–Trinajstić information content (AvgIpc) is 2.65. The molecule has 150 valence electrons. The first kappa shape index (κ1) is 21.9. The van der Waals surface area contributed by atoms with Gasteiger partial charge >= 0.3 is 5.97 Å². The molecule has 0 aliphatic rings. The number of pyridine rings is 1. The summed E-state index contributed by atoms with van der Waals surface area (Å²) in [4.78, 5) is 17.1. The Morgan fingerprint density at radius 2 is 1.86 bits per heavy atom. The summed E-state index contributed by atoms with van der Waals surface area (Å²) in [6.45, 7) is 8.03. The molecular formula is C22H27ClN2O3. The van der Waals surface area contributed by atoms with Gasteiger partial charge in [0.15, 0.2) is 0 Å². The highest BCUT2D eigenvalue weighted by Crippen LogP contribution is 2.23.